The number of fused-ring (bicyclic) bond motifs is 1. The smallest absolute Gasteiger partial charge is 0.104 e. The molecule has 76 valence electrons. The Labute approximate surface area is 84.3 Å². The minimum Gasteiger partial charge on any atom is -0.308 e. The highest BCUT2D eigenvalue weighted by Gasteiger charge is 2.21. The van der Waals surface area contributed by atoms with Crippen molar-refractivity contribution in [3.8, 4) is 0 Å². The maximum Gasteiger partial charge on any atom is 0.104 e. The molecule has 0 aliphatic heterocycles. The molecular formula is C12H16FN. The first-order valence-electron chi connectivity index (χ1n) is 5.18. The van der Waals surface area contributed by atoms with Crippen LogP contribution in [-0.4, -0.2) is 18.8 Å². The average molecular weight is 193 g/mol. The Kier molecular flexibility index (Phi) is 2.82. The molecule has 0 saturated carbocycles. The van der Waals surface area contributed by atoms with E-state index in [1.807, 2.05) is 6.92 Å². The number of rotatable bonds is 3. The van der Waals surface area contributed by atoms with Crippen molar-refractivity contribution in [2.24, 2.45) is 0 Å². The molecule has 1 aliphatic carbocycles. The Morgan fingerprint density at radius 1 is 1.36 bits per heavy atom. The molecule has 0 amide bonds. The van der Waals surface area contributed by atoms with Crippen LogP contribution in [0, 0.1) is 0 Å². The van der Waals surface area contributed by atoms with Crippen molar-refractivity contribution in [1.29, 1.82) is 0 Å². The monoisotopic (exact) mass is 193 g/mol. The third-order valence-corrected chi connectivity index (χ3v) is 2.80. The van der Waals surface area contributed by atoms with Gasteiger partial charge in [-0.25, -0.2) is 4.39 Å². The first-order valence-corrected chi connectivity index (χ1v) is 5.18. The van der Waals surface area contributed by atoms with Gasteiger partial charge in [-0.15, -0.1) is 0 Å². The van der Waals surface area contributed by atoms with Gasteiger partial charge in [-0.05, 0) is 30.9 Å². The Morgan fingerprint density at radius 3 is 2.43 bits per heavy atom. The third kappa shape index (κ3) is 1.95. The second kappa shape index (κ2) is 4.09. The summed E-state index contributed by atoms with van der Waals surface area (Å²) in [5.74, 6) is 0. The van der Waals surface area contributed by atoms with Crippen LogP contribution in [0.2, 0.25) is 0 Å². The number of nitrogens with one attached hydrogen (secondary N) is 1. The van der Waals surface area contributed by atoms with Gasteiger partial charge < -0.3 is 5.32 Å². The van der Waals surface area contributed by atoms with Gasteiger partial charge in [0.1, 0.15) is 6.67 Å². The second-order valence-electron chi connectivity index (χ2n) is 4.10. The van der Waals surface area contributed by atoms with Gasteiger partial charge in [-0.3, -0.25) is 0 Å². The first-order chi connectivity index (χ1) is 6.79. The third-order valence-electron chi connectivity index (χ3n) is 2.80. The van der Waals surface area contributed by atoms with Crippen molar-refractivity contribution in [2.75, 3.05) is 6.67 Å². The standard InChI is InChI=1S/C12H16FN/c1-9(8-13)14-12-6-10-4-2-3-5-11(10)7-12/h2-5,9,12,14H,6-8H2,1H3. The van der Waals surface area contributed by atoms with E-state index in [0.717, 1.165) is 12.8 Å². The molecule has 0 radical (unpaired) electrons. The minimum atomic E-state index is -0.285. The molecule has 0 aromatic heterocycles. The summed E-state index contributed by atoms with van der Waals surface area (Å²) in [6.07, 6.45) is 2.08. The fourth-order valence-corrected chi connectivity index (χ4v) is 2.12. The van der Waals surface area contributed by atoms with Crippen molar-refractivity contribution < 1.29 is 4.39 Å². The van der Waals surface area contributed by atoms with E-state index in [1.165, 1.54) is 11.1 Å². The highest BCUT2D eigenvalue weighted by Crippen LogP contribution is 2.21. The predicted octanol–water partition coefficient (Wildman–Crippen LogP) is 2.10. The van der Waals surface area contributed by atoms with Crippen molar-refractivity contribution >= 4 is 0 Å². The van der Waals surface area contributed by atoms with Gasteiger partial charge in [-0.2, -0.15) is 0 Å². The summed E-state index contributed by atoms with van der Waals surface area (Å²) in [7, 11) is 0. The number of hydrogen-bond donors (Lipinski definition) is 1. The second-order valence-corrected chi connectivity index (χ2v) is 4.10. The molecule has 1 nitrogen and oxygen atoms in total. The van der Waals surface area contributed by atoms with Crippen molar-refractivity contribution in [1.82, 2.24) is 5.32 Å². The lowest BCUT2D eigenvalue weighted by Crippen LogP contribution is -2.38. The SMILES string of the molecule is CC(CF)NC1Cc2ccccc2C1. The average Bonchev–Trinajstić information content (AvgIpc) is 2.59. The molecule has 2 rings (SSSR count). The zero-order valence-corrected chi connectivity index (χ0v) is 8.46. The lowest BCUT2D eigenvalue weighted by Gasteiger charge is -2.15. The number of alkyl halides is 1. The van der Waals surface area contributed by atoms with Crippen molar-refractivity contribution in [3.63, 3.8) is 0 Å². The zero-order valence-electron chi connectivity index (χ0n) is 8.46. The summed E-state index contributed by atoms with van der Waals surface area (Å²) >= 11 is 0. The Bertz CT molecular complexity index is 286. The van der Waals surface area contributed by atoms with Crippen molar-refractivity contribution in [2.45, 2.75) is 31.8 Å². The zero-order chi connectivity index (χ0) is 9.97. The molecule has 1 N–H and O–H groups in total. The molecule has 0 fully saturated rings. The molecule has 0 bridgehead atoms. The molecule has 1 aromatic carbocycles. The maximum absolute atomic E-state index is 12.3. The molecule has 1 unspecified atom stereocenters. The Hall–Kier alpha value is -0.890. The molecule has 14 heavy (non-hydrogen) atoms. The lowest BCUT2D eigenvalue weighted by molar-refractivity contribution is 0.360. The van der Waals surface area contributed by atoms with Gasteiger partial charge in [-0.1, -0.05) is 24.3 Å². The van der Waals surface area contributed by atoms with Gasteiger partial charge in [0, 0.05) is 12.1 Å². The van der Waals surface area contributed by atoms with Gasteiger partial charge >= 0.3 is 0 Å². The van der Waals surface area contributed by atoms with E-state index in [2.05, 4.69) is 29.6 Å². The van der Waals surface area contributed by atoms with E-state index in [9.17, 15) is 4.39 Å². The molecule has 0 heterocycles. The van der Waals surface area contributed by atoms with E-state index >= 15 is 0 Å². The summed E-state index contributed by atoms with van der Waals surface area (Å²) in [6, 6.07) is 8.88. The van der Waals surface area contributed by atoms with Crippen LogP contribution in [-0.2, 0) is 12.8 Å². The highest BCUT2D eigenvalue weighted by molar-refractivity contribution is 5.33. The summed E-state index contributed by atoms with van der Waals surface area (Å²) in [4.78, 5) is 0. The summed E-state index contributed by atoms with van der Waals surface area (Å²) in [5, 5.41) is 3.30. The number of halogens is 1. The molecule has 2 heteroatoms. The number of hydrogen-bond acceptors (Lipinski definition) is 1. The van der Waals surface area contributed by atoms with Gasteiger partial charge in [0.15, 0.2) is 0 Å². The topological polar surface area (TPSA) is 12.0 Å². The van der Waals surface area contributed by atoms with Crippen LogP contribution in [0.4, 0.5) is 4.39 Å². The van der Waals surface area contributed by atoms with E-state index in [-0.39, 0.29) is 12.7 Å². The van der Waals surface area contributed by atoms with E-state index < -0.39 is 0 Å². The molecule has 0 spiro atoms. The van der Waals surface area contributed by atoms with Crippen LogP contribution >= 0.6 is 0 Å². The largest absolute Gasteiger partial charge is 0.308 e. The lowest BCUT2D eigenvalue weighted by atomic mass is 10.1. The van der Waals surface area contributed by atoms with E-state index in [1.54, 1.807) is 0 Å². The quantitative estimate of drug-likeness (QED) is 0.775. The molecular weight excluding hydrogens is 177 g/mol. The van der Waals surface area contributed by atoms with Crippen LogP contribution in [0.15, 0.2) is 24.3 Å². The Morgan fingerprint density at radius 2 is 1.93 bits per heavy atom. The minimum absolute atomic E-state index is 0.0192. The van der Waals surface area contributed by atoms with E-state index in [4.69, 9.17) is 0 Å². The Balaban J connectivity index is 1.98. The fourth-order valence-electron chi connectivity index (χ4n) is 2.12. The molecule has 1 aromatic rings. The van der Waals surface area contributed by atoms with Crippen LogP contribution in [0.3, 0.4) is 0 Å². The fraction of sp³-hybridized carbons (Fsp3) is 0.500. The summed E-state index contributed by atoms with van der Waals surface area (Å²) in [5.41, 5.74) is 2.83. The van der Waals surface area contributed by atoms with Crippen LogP contribution < -0.4 is 5.32 Å². The van der Waals surface area contributed by atoms with Crippen molar-refractivity contribution in [3.05, 3.63) is 35.4 Å². The first kappa shape index (κ1) is 9.66. The van der Waals surface area contributed by atoms with E-state index in [0.29, 0.717) is 6.04 Å². The van der Waals surface area contributed by atoms with Crippen LogP contribution in [0.25, 0.3) is 0 Å². The van der Waals surface area contributed by atoms with Gasteiger partial charge in [0.2, 0.25) is 0 Å². The normalized spacial score (nSPS) is 18.1. The summed E-state index contributed by atoms with van der Waals surface area (Å²) in [6.45, 7) is 1.61. The summed E-state index contributed by atoms with van der Waals surface area (Å²) < 4.78 is 12.3. The molecule has 0 saturated heterocycles. The molecule has 1 aliphatic rings. The van der Waals surface area contributed by atoms with Crippen LogP contribution in [0.1, 0.15) is 18.1 Å². The number of benzene rings is 1. The highest BCUT2D eigenvalue weighted by atomic mass is 19.1. The molecule has 1 atom stereocenters. The van der Waals surface area contributed by atoms with Crippen LogP contribution in [0.5, 0.6) is 0 Å². The maximum atomic E-state index is 12.3. The predicted molar refractivity (Wildman–Crippen MR) is 56.2 cm³/mol. The van der Waals surface area contributed by atoms with Gasteiger partial charge in [0.05, 0.1) is 0 Å². The van der Waals surface area contributed by atoms with Gasteiger partial charge in [0.25, 0.3) is 0 Å².